The van der Waals surface area contributed by atoms with E-state index in [1.165, 1.54) is 11.1 Å². The van der Waals surface area contributed by atoms with E-state index in [9.17, 15) is 0 Å². The molecule has 0 amide bonds. The van der Waals surface area contributed by atoms with Gasteiger partial charge in [0.2, 0.25) is 0 Å². The van der Waals surface area contributed by atoms with Crippen molar-refractivity contribution in [3.05, 3.63) is 47.5 Å². The molecule has 0 fully saturated rings. The van der Waals surface area contributed by atoms with Crippen molar-refractivity contribution in [2.45, 2.75) is 26.4 Å². The van der Waals surface area contributed by atoms with E-state index in [1.54, 1.807) is 6.20 Å². The summed E-state index contributed by atoms with van der Waals surface area (Å²) in [6.45, 7) is 5.00. The topological polar surface area (TPSA) is 42.7 Å². The number of nitrogens with zero attached hydrogens (tertiary/aromatic N) is 3. The predicted molar refractivity (Wildman–Crippen MR) is 67.4 cm³/mol. The van der Waals surface area contributed by atoms with E-state index in [1.807, 2.05) is 30.9 Å². The molecule has 2 aromatic rings. The maximum absolute atomic E-state index is 4.33. The standard InChI is InChI=1S/C13H18N4/c1-10(12-5-4-6-14-7-12)15-8-13-9-17(3)16-11(13)2/h4-7,9-10,15H,8H2,1-3H3/t10-/m1/s1. The maximum Gasteiger partial charge on any atom is 0.0638 e. The summed E-state index contributed by atoms with van der Waals surface area (Å²) in [5.41, 5.74) is 3.52. The molecule has 0 saturated heterocycles. The van der Waals surface area contributed by atoms with Crippen molar-refractivity contribution in [1.29, 1.82) is 0 Å². The largest absolute Gasteiger partial charge is 0.306 e. The fourth-order valence-electron chi connectivity index (χ4n) is 1.84. The van der Waals surface area contributed by atoms with Crippen LogP contribution in [0.2, 0.25) is 0 Å². The minimum Gasteiger partial charge on any atom is -0.306 e. The second kappa shape index (κ2) is 5.10. The molecule has 4 heteroatoms. The second-order valence-corrected chi connectivity index (χ2v) is 4.30. The molecule has 0 spiro atoms. The summed E-state index contributed by atoms with van der Waals surface area (Å²) in [6, 6.07) is 4.34. The van der Waals surface area contributed by atoms with Crippen molar-refractivity contribution >= 4 is 0 Å². The Labute approximate surface area is 102 Å². The smallest absolute Gasteiger partial charge is 0.0638 e. The van der Waals surface area contributed by atoms with Crippen molar-refractivity contribution in [2.24, 2.45) is 7.05 Å². The van der Waals surface area contributed by atoms with Crippen LogP contribution < -0.4 is 5.32 Å². The molecule has 2 rings (SSSR count). The summed E-state index contributed by atoms with van der Waals surface area (Å²) in [4.78, 5) is 4.13. The van der Waals surface area contributed by atoms with E-state index in [0.717, 1.165) is 12.2 Å². The number of rotatable bonds is 4. The van der Waals surface area contributed by atoms with E-state index in [-0.39, 0.29) is 0 Å². The van der Waals surface area contributed by atoms with Gasteiger partial charge in [-0.15, -0.1) is 0 Å². The molecule has 17 heavy (non-hydrogen) atoms. The van der Waals surface area contributed by atoms with E-state index in [0.29, 0.717) is 6.04 Å². The zero-order chi connectivity index (χ0) is 12.3. The summed E-state index contributed by atoms with van der Waals surface area (Å²) in [6.07, 6.45) is 5.74. The van der Waals surface area contributed by atoms with Gasteiger partial charge in [0.05, 0.1) is 5.69 Å². The van der Waals surface area contributed by atoms with Crippen LogP contribution in [0.5, 0.6) is 0 Å². The van der Waals surface area contributed by atoms with Gasteiger partial charge in [-0.1, -0.05) is 6.07 Å². The van der Waals surface area contributed by atoms with Gasteiger partial charge < -0.3 is 5.32 Å². The van der Waals surface area contributed by atoms with Crippen LogP contribution in [0.15, 0.2) is 30.7 Å². The minimum atomic E-state index is 0.295. The number of aryl methyl sites for hydroxylation is 2. The first kappa shape index (κ1) is 11.8. The fourth-order valence-corrected chi connectivity index (χ4v) is 1.84. The minimum absolute atomic E-state index is 0.295. The molecule has 0 aliphatic heterocycles. The zero-order valence-electron chi connectivity index (χ0n) is 10.5. The molecule has 0 aliphatic rings. The summed E-state index contributed by atoms with van der Waals surface area (Å²) < 4.78 is 1.85. The Morgan fingerprint density at radius 1 is 1.47 bits per heavy atom. The van der Waals surface area contributed by atoms with Gasteiger partial charge >= 0.3 is 0 Å². The van der Waals surface area contributed by atoms with Crippen molar-refractivity contribution in [2.75, 3.05) is 0 Å². The highest BCUT2D eigenvalue weighted by molar-refractivity contribution is 5.17. The average Bonchev–Trinajstić information content (AvgIpc) is 2.66. The van der Waals surface area contributed by atoms with Crippen molar-refractivity contribution in [3.8, 4) is 0 Å². The summed E-state index contributed by atoms with van der Waals surface area (Å²) >= 11 is 0. The molecule has 2 aromatic heterocycles. The van der Waals surface area contributed by atoms with Crippen LogP contribution in [0, 0.1) is 6.92 Å². The quantitative estimate of drug-likeness (QED) is 0.873. The Bertz CT molecular complexity index is 475. The van der Waals surface area contributed by atoms with Gasteiger partial charge in [0.25, 0.3) is 0 Å². The monoisotopic (exact) mass is 230 g/mol. The third kappa shape index (κ3) is 2.91. The van der Waals surface area contributed by atoms with Gasteiger partial charge in [0.15, 0.2) is 0 Å². The lowest BCUT2D eigenvalue weighted by molar-refractivity contribution is 0.571. The molecule has 0 saturated carbocycles. The van der Waals surface area contributed by atoms with E-state index in [2.05, 4.69) is 34.6 Å². The molecule has 4 nitrogen and oxygen atoms in total. The SMILES string of the molecule is Cc1nn(C)cc1CN[C@H](C)c1cccnc1. The molecule has 0 radical (unpaired) electrons. The Hall–Kier alpha value is -1.68. The number of nitrogens with one attached hydrogen (secondary N) is 1. The lowest BCUT2D eigenvalue weighted by Crippen LogP contribution is -2.18. The van der Waals surface area contributed by atoms with Crippen LogP contribution in [-0.2, 0) is 13.6 Å². The van der Waals surface area contributed by atoms with Crippen molar-refractivity contribution in [1.82, 2.24) is 20.1 Å². The number of hydrogen-bond donors (Lipinski definition) is 1. The lowest BCUT2D eigenvalue weighted by atomic mass is 10.1. The Balaban J connectivity index is 1.97. The number of pyridine rings is 1. The first-order chi connectivity index (χ1) is 8.16. The van der Waals surface area contributed by atoms with Gasteiger partial charge in [0.1, 0.15) is 0 Å². The van der Waals surface area contributed by atoms with Crippen LogP contribution in [-0.4, -0.2) is 14.8 Å². The average molecular weight is 230 g/mol. The maximum atomic E-state index is 4.33. The lowest BCUT2D eigenvalue weighted by Gasteiger charge is -2.13. The summed E-state index contributed by atoms with van der Waals surface area (Å²) in [5, 5.41) is 7.80. The number of hydrogen-bond acceptors (Lipinski definition) is 3. The van der Waals surface area contributed by atoms with Crippen LogP contribution in [0.25, 0.3) is 0 Å². The van der Waals surface area contributed by atoms with Crippen LogP contribution in [0.1, 0.15) is 29.8 Å². The summed E-state index contributed by atoms with van der Waals surface area (Å²) in [5.74, 6) is 0. The molecule has 0 aromatic carbocycles. The van der Waals surface area contributed by atoms with Crippen LogP contribution in [0.4, 0.5) is 0 Å². The molecule has 0 unspecified atom stereocenters. The Morgan fingerprint density at radius 2 is 2.29 bits per heavy atom. The predicted octanol–water partition coefficient (Wildman–Crippen LogP) is 1.97. The highest BCUT2D eigenvalue weighted by Gasteiger charge is 2.07. The van der Waals surface area contributed by atoms with Crippen LogP contribution >= 0.6 is 0 Å². The normalized spacial score (nSPS) is 12.6. The molecule has 0 bridgehead atoms. The van der Waals surface area contributed by atoms with E-state index >= 15 is 0 Å². The molecular formula is C13H18N4. The second-order valence-electron chi connectivity index (χ2n) is 4.30. The van der Waals surface area contributed by atoms with Gasteiger partial charge in [-0.25, -0.2) is 0 Å². The van der Waals surface area contributed by atoms with E-state index < -0.39 is 0 Å². The Kier molecular flexibility index (Phi) is 3.54. The molecule has 1 atom stereocenters. The molecule has 1 N–H and O–H groups in total. The molecule has 90 valence electrons. The highest BCUT2D eigenvalue weighted by atomic mass is 15.2. The third-order valence-electron chi connectivity index (χ3n) is 2.90. The molecule has 0 aliphatic carbocycles. The third-order valence-corrected chi connectivity index (χ3v) is 2.90. The first-order valence-corrected chi connectivity index (χ1v) is 5.79. The van der Waals surface area contributed by atoms with Crippen LogP contribution in [0.3, 0.4) is 0 Å². The summed E-state index contributed by atoms with van der Waals surface area (Å²) in [7, 11) is 1.95. The first-order valence-electron chi connectivity index (χ1n) is 5.79. The molecule has 2 heterocycles. The van der Waals surface area contributed by atoms with Crippen molar-refractivity contribution < 1.29 is 0 Å². The van der Waals surface area contributed by atoms with Gasteiger partial charge in [-0.05, 0) is 25.5 Å². The van der Waals surface area contributed by atoms with Crippen molar-refractivity contribution in [3.63, 3.8) is 0 Å². The van der Waals surface area contributed by atoms with Gasteiger partial charge in [-0.3, -0.25) is 9.67 Å². The van der Waals surface area contributed by atoms with Gasteiger partial charge in [-0.2, -0.15) is 5.10 Å². The molecular weight excluding hydrogens is 212 g/mol. The van der Waals surface area contributed by atoms with Gasteiger partial charge in [0, 0.05) is 43.8 Å². The highest BCUT2D eigenvalue weighted by Crippen LogP contribution is 2.12. The Morgan fingerprint density at radius 3 is 2.88 bits per heavy atom. The number of aromatic nitrogens is 3. The fraction of sp³-hybridized carbons (Fsp3) is 0.385. The van der Waals surface area contributed by atoms with E-state index in [4.69, 9.17) is 0 Å². The zero-order valence-corrected chi connectivity index (χ0v) is 10.5.